The number of carbonyl (C=O) groups is 1. The molecule has 0 fully saturated rings. The second-order valence-electron chi connectivity index (χ2n) is 9.60. The standard InChI is InChI=1S/C32H32ClN3O2/c1-3-35(4-2)23-19-17-21(18-20-23)28-29-26(15-10-16-27(29)37)36(25-14-9-8-13-24(25)33)32(34)30(28)31(38)22-11-6-5-7-12-22/h5-9,11-14,17-20,28,34,38H,3-4,10,15-16H2,1-2H3/b31-30+,34-32?. The molecule has 6 heteroatoms. The summed E-state index contributed by atoms with van der Waals surface area (Å²) < 4.78 is 0. The molecule has 0 radical (unpaired) electrons. The van der Waals surface area contributed by atoms with Gasteiger partial charge in [-0.2, -0.15) is 0 Å². The Hall–Kier alpha value is -3.83. The van der Waals surface area contributed by atoms with Gasteiger partial charge >= 0.3 is 0 Å². The van der Waals surface area contributed by atoms with Crippen LogP contribution in [-0.2, 0) is 4.79 Å². The van der Waals surface area contributed by atoms with Crippen molar-refractivity contribution in [3.63, 3.8) is 0 Å². The molecule has 0 aromatic heterocycles. The first-order valence-corrected chi connectivity index (χ1v) is 13.6. The molecule has 5 rings (SSSR count). The number of halogens is 1. The molecule has 1 atom stereocenters. The molecule has 0 bridgehead atoms. The van der Waals surface area contributed by atoms with Crippen LogP contribution >= 0.6 is 11.6 Å². The number of anilines is 2. The zero-order valence-electron chi connectivity index (χ0n) is 21.7. The number of carbonyl (C=O) groups excluding carboxylic acids is 1. The van der Waals surface area contributed by atoms with Gasteiger partial charge in [0.15, 0.2) is 5.78 Å². The molecule has 1 heterocycles. The quantitative estimate of drug-likeness (QED) is 0.323. The van der Waals surface area contributed by atoms with Crippen molar-refractivity contribution in [1.82, 2.24) is 0 Å². The van der Waals surface area contributed by atoms with Gasteiger partial charge in [-0.1, -0.05) is 66.2 Å². The Morgan fingerprint density at radius 1 is 0.974 bits per heavy atom. The summed E-state index contributed by atoms with van der Waals surface area (Å²) >= 11 is 6.63. The van der Waals surface area contributed by atoms with Gasteiger partial charge < -0.3 is 10.0 Å². The van der Waals surface area contributed by atoms with Crippen molar-refractivity contribution in [2.45, 2.75) is 39.0 Å². The number of allylic oxidation sites excluding steroid dienone is 2. The van der Waals surface area contributed by atoms with E-state index in [0.29, 0.717) is 46.7 Å². The summed E-state index contributed by atoms with van der Waals surface area (Å²) in [6, 6.07) is 24.8. The summed E-state index contributed by atoms with van der Waals surface area (Å²) in [4.78, 5) is 17.7. The molecule has 0 saturated heterocycles. The molecule has 0 amide bonds. The number of nitrogens with zero attached hydrogens (tertiary/aromatic N) is 2. The average Bonchev–Trinajstić information content (AvgIpc) is 2.94. The summed E-state index contributed by atoms with van der Waals surface area (Å²) in [5, 5.41) is 21.7. The Morgan fingerprint density at radius 2 is 1.63 bits per heavy atom. The van der Waals surface area contributed by atoms with E-state index in [-0.39, 0.29) is 17.4 Å². The Bertz CT molecular complexity index is 1420. The third kappa shape index (κ3) is 4.52. The second kappa shape index (κ2) is 10.9. The van der Waals surface area contributed by atoms with Gasteiger partial charge in [-0.25, -0.2) is 0 Å². The molecular formula is C32H32ClN3O2. The molecule has 1 aliphatic heterocycles. The van der Waals surface area contributed by atoms with Crippen molar-refractivity contribution in [3.8, 4) is 0 Å². The van der Waals surface area contributed by atoms with E-state index in [9.17, 15) is 15.3 Å². The topological polar surface area (TPSA) is 67.6 Å². The Balaban J connectivity index is 1.78. The van der Waals surface area contributed by atoms with Crippen LogP contribution in [0.3, 0.4) is 0 Å². The largest absolute Gasteiger partial charge is 0.507 e. The minimum atomic E-state index is -0.560. The molecule has 2 aliphatic rings. The number of amidine groups is 1. The van der Waals surface area contributed by atoms with E-state index in [2.05, 4.69) is 30.9 Å². The van der Waals surface area contributed by atoms with Crippen molar-refractivity contribution in [2.24, 2.45) is 0 Å². The molecule has 3 aromatic rings. The van der Waals surface area contributed by atoms with Crippen LogP contribution < -0.4 is 9.80 Å². The van der Waals surface area contributed by atoms with Gasteiger partial charge in [-0.3, -0.25) is 15.1 Å². The van der Waals surface area contributed by atoms with E-state index in [1.165, 1.54) is 0 Å². The zero-order chi connectivity index (χ0) is 26.8. The van der Waals surface area contributed by atoms with Gasteiger partial charge in [0, 0.05) is 53.5 Å². The fourth-order valence-corrected chi connectivity index (χ4v) is 5.86. The number of aliphatic hydroxyl groups excluding tert-OH is 1. The van der Waals surface area contributed by atoms with Crippen LogP contribution in [0.5, 0.6) is 0 Å². The summed E-state index contributed by atoms with van der Waals surface area (Å²) in [5.74, 6) is -0.386. The summed E-state index contributed by atoms with van der Waals surface area (Å²) in [6.45, 7) is 6.04. The fraction of sp³-hybridized carbons (Fsp3) is 0.250. The lowest BCUT2D eigenvalue weighted by Gasteiger charge is -2.42. The van der Waals surface area contributed by atoms with Crippen molar-refractivity contribution >= 4 is 40.4 Å². The van der Waals surface area contributed by atoms with Gasteiger partial charge in [0.05, 0.1) is 10.7 Å². The van der Waals surface area contributed by atoms with Gasteiger partial charge in [-0.15, -0.1) is 0 Å². The average molecular weight is 526 g/mol. The molecular weight excluding hydrogens is 494 g/mol. The van der Waals surface area contributed by atoms with E-state index in [1.807, 2.05) is 60.7 Å². The number of Topliss-reactive ketones (excluding diaryl/α,β-unsaturated/α-hetero) is 1. The molecule has 0 spiro atoms. The molecule has 3 aromatic carbocycles. The van der Waals surface area contributed by atoms with Crippen LogP contribution in [0.15, 0.2) is 95.7 Å². The van der Waals surface area contributed by atoms with Crippen LogP contribution in [0.2, 0.25) is 5.02 Å². The highest BCUT2D eigenvalue weighted by molar-refractivity contribution is 6.34. The molecule has 194 valence electrons. The maximum atomic E-state index is 13.7. The Kier molecular flexibility index (Phi) is 7.39. The van der Waals surface area contributed by atoms with E-state index >= 15 is 0 Å². The number of aliphatic hydroxyl groups is 1. The first-order valence-electron chi connectivity index (χ1n) is 13.2. The highest BCUT2D eigenvalue weighted by Gasteiger charge is 2.43. The van der Waals surface area contributed by atoms with E-state index in [1.54, 1.807) is 11.0 Å². The van der Waals surface area contributed by atoms with Gasteiger partial charge in [0.25, 0.3) is 0 Å². The monoisotopic (exact) mass is 525 g/mol. The maximum Gasteiger partial charge on any atom is 0.161 e. The van der Waals surface area contributed by atoms with Crippen LogP contribution in [-0.4, -0.2) is 29.8 Å². The lowest BCUT2D eigenvalue weighted by molar-refractivity contribution is -0.116. The van der Waals surface area contributed by atoms with Gasteiger partial charge in [0.2, 0.25) is 0 Å². The number of rotatable bonds is 6. The van der Waals surface area contributed by atoms with E-state index < -0.39 is 5.92 Å². The van der Waals surface area contributed by atoms with Crippen LogP contribution in [0.25, 0.3) is 5.76 Å². The van der Waals surface area contributed by atoms with E-state index in [4.69, 9.17) is 11.6 Å². The maximum absolute atomic E-state index is 13.7. The normalized spacial score (nSPS) is 18.9. The van der Waals surface area contributed by atoms with Crippen molar-refractivity contribution in [3.05, 3.63) is 112 Å². The minimum absolute atomic E-state index is 0.00426. The van der Waals surface area contributed by atoms with Gasteiger partial charge in [0.1, 0.15) is 11.6 Å². The van der Waals surface area contributed by atoms with Crippen LogP contribution in [0.4, 0.5) is 11.4 Å². The summed E-state index contributed by atoms with van der Waals surface area (Å²) in [7, 11) is 0. The molecule has 0 saturated carbocycles. The smallest absolute Gasteiger partial charge is 0.161 e. The van der Waals surface area contributed by atoms with Crippen LogP contribution in [0.1, 0.15) is 50.2 Å². The molecule has 38 heavy (non-hydrogen) atoms. The molecule has 5 nitrogen and oxygen atoms in total. The third-order valence-electron chi connectivity index (χ3n) is 7.51. The predicted octanol–water partition coefficient (Wildman–Crippen LogP) is 7.74. The highest BCUT2D eigenvalue weighted by atomic mass is 35.5. The number of benzene rings is 3. The molecule has 1 unspecified atom stereocenters. The fourth-order valence-electron chi connectivity index (χ4n) is 5.64. The van der Waals surface area contributed by atoms with Crippen molar-refractivity contribution in [1.29, 1.82) is 5.41 Å². The summed E-state index contributed by atoms with van der Waals surface area (Å²) in [6.07, 6.45) is 1.81. The van der Waals surface area contributed by atoms with Crippen LogP contribution in [0, 0.1) is 5.41 Å². The Morgan fingerprint density at radius 3 is 2.29 bits per heavy atom. The predicted molar refractivity (Wildman–Crippen MR) is 156 cm³/mol. The van der Waals surface area contributed by atoms with Crippen molar-refractivity contribution < 1.29 is 9.90 Å². The first kappa shape index (κ1) is 25.8. The number of ketones is 1. The minimum Gasteiger partial charge on any atom is -0.507 e. The van der Waals surface area contributed by atoms with E-state index in [0.717, 1.165) is 30.0 Å². The lowest BCUT2D eigenvalue weighted by Crippen LogP contribution is -2.42. The zero-order valence-corrected chi connectivity index (χ0v) is 22.5. The first-order chi connectivity index (χ1) is 18.5. The van der Waals surface area contributed by atoms with Crippen molar-refractivity contribution in [2.75, 3.05) is 22.9 Å². The molecule has 2 N–H and O–H groups in total. The highest BCUT2D eigenvalue weighted by Crippen LogP contribution is 2.49. The number of nitrogens with one attached hydrogen (secondary N) is 1. The lowest BCUT2D eigenvalue weighted by atomic mass is 9.73. The number of para-hydroxylation sites is 1. The number of hydrogen-bond acceptors (Lipinski definition) is 4. The second-order valence-corrected chi connectivity index (χ2v) is 10.0. The number of hydrogen-bond donors (Lipinski definition) is 2. The third-order valence-corrected chi connectivity index (χ3v) is 7.83. The summed E-state index contributed by atoms with van der Waals surface area (Å²) in [5.41, 5.74) is 5.05. The molecule has 1 aliphatic carbocycles. The Labute approximate surface area is 229 Å². The van der Waals surface area contributed by atoms with Gasteiger partial charge in [-0.05, 0) is 56.5 Å². The SMILES string of the molecule is CCN(CC)c1ccc(C2C3=C(CCCC3=O)N(c3ccccc3Cl)C(=N)/C2=C(/O)c2ccccc2)cc1.